The van der Waals surface area contributed by atoms with E-state index in [0.29, 0.717) is 17.8 Å². The maximum absolute atomic E-state index is 12.7. The van der Waals surface area contributed by atoms with E-state index in [1.54, 1.807) is 12.1 Å². The second-order valence-corrected chi connectivity index (χ2v) is 8.81. The number of hydrogen-bond donors (Lipinski definition) is 0. The van der Waals surface area contributed by atoms with Gasteiger partial charge < -0.3 is 4.74 Å². The van der Waals surface area contributed by atoms with Gasteiger partial charge in [0, 0.05) is 11.8 Å². The minimum atomic E-state index is -0.443. The zero-order valence-corrected chi connectivity index (χ0v) is 17.6. The van der Waals surface area contributed by atoms with Gasteiger partial charge in [-0.1, -0.05) is 50.3 Å². The first-order valence-electron chi connectivity index (χ1n) is 9.61. The Labute approximate surface area is 167 Å². The van der Waals surface area contributed by atoms with Gasteiger partial charge in [-0.3, -0.25) is 4.79 Å². The SMILES string of the molecule is COC(=O)c1ccc(C=Cc2cc3c(cc2C)C(C)(C)C(=O)CC3(C)C)cc1. The number of hydrogen-bond acceptors (Lipinski definition) is 3. The van der Waals surface area contributed by atoms with Gasteiger partial charge in [-0.15, -0.1) is 0 Å². The van der Waals surface area contributed by atoms with Crippen LogP contribution in [0.2, 0.25) is 0 Å². The Bertz CT molecular complexity index is 960. The molecule has 3 nitrogen and oxygen atoms in total. The van der Waals surface area contributed by atoms with Crippen molar-refractivity contribution in [3.05, 3.63) is 69.8 Å². The van der Waals surface area contributed by atoms with E-state index >= 15 is 0 Å². The van der Waals surface area contributed by atoms with Gasteiger partial charge >= 0.3 is 5.97 Å². The van der Waals surface area contributed by atoms with E-state index in [2.05, 4.69) is 39.0 Å². The van der Waals surface area contributed by atoms with Crippen LogP contribution in [0.15, 0.2) is 36.4 Å². The Kier molecular flexibility index (Phi) is 5.05. The van der Waals surface area contributed by atoms with Gasteiger partial charge in [0.15, 0.2) is 0 Å². The standard InChI is InChI=1S/C25H28O3/c1-16-13-21-20(24(2,3)15-22(26)25(21,4)5)14-19(16)12-9-17-7-10-18(11-8-17)23(27)28-6/h7-14H,15H2,1-6H3. The summed E-state index contributed by atoms with van der Waals surface area (Å²) in [5.41, 5.74) is 5.64. The predicted molar refractivity (Wildman–Crippen MR) is 114 cm³/mol. The number of benzene rings is 2. The summed E-state index contributed by atoms with van der Waals surface area (Å²) in [5, 5.41) is 0. The summed E-state index contributed by atoms with van der Waals surface area (Å²) in [7, 11) is 1.38. The van der Waals surface area contributed by atoms with Gasteiger partial charge in [0.2, 0.25) is 0 Å². The molecule has 0 heterocycles. The van der Waals surface area contributed by atoms with Crippen LogP contribution in [0.4, 0.5) is 0 Å². The number of rotatable bonds is 3. The lowest BCUT2D eigenvalue weighted by atomic mass is 9.62. The van der Waals surface area contributed by atoms with Crippen LogP contribution in [-0.2, 0) is 20.4 Å². The predicted octanol–water partition coefficient (Wildman–Crippen LogP) is 5.48. The van der Waals surface area contributed by atoms with Crippen molar-refractivity contribution in [2.45, 2.75) is 51.9 Å². The average Bonchev–Trinajstić information content (AvgIpc) is 2.65. The quantitative estimate of drug-likeness (QED) is 0.526. The van der Waals surface area contributed by atoms with Crippen molar-refractivity contribution in [1.29, 1.82) is 0 Å². The molecule has 0 bridgehead atoms. The summed E-state index contributed by atoms with van der Waals surface area (Å²) >= 11 is 0. The number of methoxy groups -OCH3 is 1. The van der Waals surface area contributed by atoms with Gasteiger partial charge in [-0.25, -0.2) is 4.79 Å². The highest BCUT2D eigenvalue weighted by Gasteiger charge is 2.43. The van der Waals surface area contributed by atoms with Crippen LogP contribution in [0, 0.1) is 6.92 Å². The zero-order chi connectivity index (χ0) is 20.7. The number of aryl methyl sites for hydroxylation is 1. The largest absolute Gasteiger partial charge is 0.465 e. The fraction of sp³-hybridized carbons (Fsp3) is 0.360. The highest BCUT2D eigenvalue weighted by Crippen LogP contribution is 2.44. The first-order valence-corrected chi connectivity index (χ1v) is 9.61. The van der Waals surface area contributed by atoms with Crippen LogP contribution in [0.25, 0.3) is 12.2 Å². The number of carbonyl (C=O) groups is 2. The molecule has 0 spiro atoms. The minimum Gasteiger partial charge on any atom is -0.465 e. The molecule has 3 heteroatoms. The Balaban J connectivity index is 1.97. The maximum atomic E-state index is 12.7. The molecule has 0 fully saturated rings. The molecule has 1 aliphatic carbocycles. The molecule has 2 aromatic rings. The fourth-order valence-corrected chi connectivity index (χ4v) is 3.88. The third-order valence-corrected chi connectivity index (χ3v) is 5.90. The smallest absolute Gasteiger partial charge is 0.337 e. The number of carbonyl (C=O) groups excluding carboxylic acids is 2. The van der Waals surface area contributed by atoms with Crippen molar-refractivity contribution in [3.8, 4) is 0 Å². The highest BCUT2D eigenvalue weighted by atomic mass is 16.5. The third-order valence-electron chi connectivity index (χ3n) is 5.90. The number of ketones is 1. The molecule has 2 aromatic carbocycles. The van der Waals surface area contributed by atoms with E-state index in [-0.39, 0.29) is 11.4 Å². The topological polar surface area (TPSA) is 43.4 Å². The van der Waals surface area contributed by atoms with Crippen LogP contribution in [0.3, 0.4) is 0 Å². The van der Waals surface area contributed by atoms with Gasteiger partial charge in [-0.2, -0.15) is 0 Å². The molecule has 3 rings (SSSR count). The second kappa shape index (κ2) is 7.05. The molecule has 28 heavy (non-hydrogen) atoms. The highest BCUT2D eigenvalue weighted by molar-refractivity contribution is 5.93. The Hall–Kier alpha value is -2.68. The number of ether oxygens (including phenoxy) is 1. The van der Waals surface area contributed by atoms with E-state index < -0.39 is 5.41 Å². The maximum Gasteiger partial charge on any atom is 0.337 e. The molecule has 0 saturated heterocycles. The summed E-state index contributed by atoms with van der Waals surface area (Å²) in [5.74, 6) is -0.0288. The van der Waals surface area contributed by atoms with E-state index in [4.69, 9.17) is 4.74 Å². The molecule has 1 aliphatic rings. The van der Waals surface area contributed by atoms with Gasteiger partial charge in [-0.05, 0) is 66.1 Å². The summed E-state index contributed by atoms with van der Waals surface area (Å²) in [6.45, 7) is 10.4. The molecular formula is C25H28O3. The first-order chi connectivity index (χ1) is 13.1. The number of esters is 1. The molecule has 0 N–H and O–H groups in total. The lowest BCUT2D eigenvalue weighted by Gasteiger charge is -2.41. The van der Waals surface area contributed by atoms with Gasteiger partial charge in [0.1, 0.15) is 5.78 Å². The monoisotopic (exact) mass is 376 g/mol. The minimum absolute atomic E-state index is 0.166. The normalized spacial score (nSPS) is 17.4. The van der Waals surface area contributed by atoms with Crippen molar-refractivity contribution in [2.24, 2.45) is 0 Å². The second-order valence-electron chi connectivity index (χ2n) is 8.81. The number of fused-ring (bicyclic) bond motifs is 1. The van der Waals surface area contributed by atoms with Crippen molar-refractivity contribution in [2.75, 3.05) is 7.11 Å². The molecule has 0 aromatic heterocycles. The zero-order valence-electron chi connectivity index (χ0n) is 17.6. The molecule has 0 amide bonds. The van der Waals surface area contributed by atoms with Crippen molar-refractivity contribution in [1.82, 2.24) is 0 Å². The fourth-order valence-electron chi connectivity index (χ4n) is 3.88. The van der Waals surface area contributed by atoms with Crippen molar-refractivity contribution >= 4 is 23.9 Å². The van der Waals surface area contributed by atoms with Gasteiger partial charge in [0.25, 0.3) is 0 Å². The van der Waals surface area contributed by atoms with Crippen LogP contribution in [0.1, 0.15) is 72.3 Å². The van der Waals surface area contributed by atoms with E-state index in [1.165, 1.54) is 12.7 Å². The molecule has 0 saturated carbocycles. The van der Waals surface area contributed by atoms with Gasteiger partial charge in [0.05, 0.1) is 12.7 Å². The molecule has 0 unspecified atom stereocenters. The van der Waals surface area contributed by atoms with E-state index in [1.807, 2.05) is 32.1 Å². The van der Waals surface area contributed by atoms with Crippen LogP contribution >= 0.6 is 0 Å². The Morgan fingerprint density at radius 3 is 2.25 bits per heavy atom. The van der Waals surface area contributed by atoms with Crippen molar-refractivity contribution in [3.63, 3.8) is 0 Å². The molecule has 0 aliphatic heterocycles. The summed E-state index contributed by atoms with van der Waals surface area (Å²) in [4.78, 5) is 24.2. The lowest BCUT2D eigenvalue weighted by molar-refractivity contribution is -0.125. The number of Topliss-reactive ketones (excluding diaryl/α,β-unsaturated/α-hetero) is 1. The summed E-state index contributed by atoms with van der Waals surface area (Å²) in [6, 6.07) is 11.8. The van der Waals surface area contributed by atoms with Crippen LogP contribution < -0.4 is 0 Å². The lowest BCUT2D eigenvalue weighted by Crippen LogP contribution is -2.42. The summed E-state index contributed by atoms with van der Waals surface area (Å²) in [6.07, 6.45) is 4.71. The molecule has 0 atom stereocenters. The first kappa shape index (κ1) is 20.1. The van der Waals surface area contributed by atoms with Crippen LogP contribution in [0.5, 0.6) is 0 Å². The molecule has 0 radical (unpaired) electrons. The summed E-state index contributed by atoms with van der Waals surface area (Å²) < 4.78 is 4.74. The molecule has 146 valence electrons. The van der Waals surface area contributed by atoms with Crippen LogP contribution in [-0.4, -0.2) is 18.9 Å². The Morgan fingerprint density at radius 2 is 1.64 bits per heavy atom. The van der Waals surface area contributed by atoms with E-state index in [0.717, 1.165) is 22.3 Å². The van der Waals surface area contributed by atoms with E-state index in [9.17, 15) is 9.59 Å². The molecular weight excluding hydrogens is 348 g/mol. The third kappa shape index (κ3) is 3.54. The average molecular weight is 376 g/mol. The van der Waals surface area contributed by atoms with Crippen molar-refractivity contribution < 1.29 is 14.3 Å². The Morgan fingerprint density at radius 1 is 1.00 bits per heavy atom.